The summed E-state index contributed by atoms with van der Waals surface area (Å²) in [5.41, 5.74) is 0.612. The van der Waals surface area contributed by atoms with E-state index in [9.17, 15) is 14.0 Å². The van der Waals surface area contributed by atoms with Gasteiger partial charge in [0.1, 0.15) is 5.82 Å². The number of hydrogen-bond acceptors (Lipinski definition) is 5. The van der Waals surface area contributed by atoms with Crippen molar-refractivity contribution in [2.45, 2.75) is 13.0 Å². The predicted octanol–water partition coefficient (Wildman–Crippen LogP) is 3.79. The maximum absolute atomic E-state index is 13.5. The molecule has 1 atom stereocenters. The molecule has 2 aromatic rings. The van der Waals surface area contributed by atoms with Gasteiger partial charge in [0.05, 0.1) is 10.7 Å². The number of ether oxygens (including phenoxy) is 3. The second kappa shape index (κ2) is 8.09. The molecule has 8 heteroatoms. The fraction of sp³-hybridized carbons (Fsp3) is 0.158. The van der Waals surface area contributed by atoms with Crippen molar-refractivity contribution in [2.24, 2.45) is 0 Å². The minimum absolute atomic E-state index is 0.0101. The zero-order valence-electron chi connectivity index (χ0n) is 14.2. The van der Waals surface area contributed by atoms with Gasteiger partial charge in [-0.25, -0.2) is 9.18 Å². The monoisotopic (exact) mass is 391 g/mol. The third-order valence-corrected chi connectivity index (χ3v) is 3.94. The van der Waals surface area contributed by atoms with Crippen LogP contribution in [0.2, 0.25) is 5.02 Å². The van der Waals surface area contributed by atoms with Crippen LogP contribution in [-0.2, 0) is 14.3 Å². The van der Waals surface area contributed by atoms with Crippen LogP contribution in [0.15, 0.2) is 42.5 Å². The first-order valence-corrected chi connectivity index (χ1v) is 8.35. The second-order valence-corrected chi connectivity index (χ2v) is 6.03. The lowest BCUT2D eigenvalue weighted by Crippen LogP contribution is -2.29. The molecule has 0 saturated heterocycles. The van der Waals surface area contributed by atoms with E-state index in [1.54, 1.807) is 18.2 Å². The zero-order chi connectivity index (χ0) is 19.4. The van der Waals surface area contributed by atoms with Crippen molar-refractivity contribution in [1.82, 2.24) is 0 Å². The van der Waals surface area contributed by atoms with Crippen LogP contribution in [0.5, 0.6) is 11.5 Å². The molecule has 0 radical (unpaired) electrons. The van der Waals surface area contributed by atoms with Crippen molar-refractivity contribution in [3.8, 4) is 11.5 Å². The third-order valence-electron chi connectivity index (χ3n) is 3.66. The predicted molar refractivity (Wildman–Crippen MR) is 97.2 cm³/mol. The van der Waals surface area contributed by atoms with Crippen LogP contribution in [-0.4, -0.2) is 24.8 Å². The molecular weight excluding hydrogens is 377 g/mol. The van der Waals surface area contributed by atoms with Crippen LogP contribution in [0, 0.1) is 5.82 Å². The molecule has 0 bridgehead atoms. The lowest BCUT2D eigenvalue weighted by Gasteiger charge is -2.12. The molecule has 1 aliphatic rings. The minimum atomic E-state index is -1.11. The molecule has 0 saturated carbocycles. The summed E-state index contributed by atoms with van der Waals surface area (Å²) in [5, 5.41) is 2.72. The SMILES string of the molecule is C[C@@H](OC(=O)/C=C/c1cc(Cl)c2c(c1)OCO2)C(=O)Nc1ccccc1F. The summed E-state index contributed by atoms with van der Waals surface area (Å²) < 4.78 is 29.0. The van der Waals surface area contributed by atoms with Gasteiger partial charge in [-0.15, -0.1) is 0 Å². The molecule has 1 amide bonds. The van der Waals surface area contributed by atoms with Crippen molar-refractivity contribution < 1.29 is 28.2 Å². The quantitative estimate of drug-likeness (QED) is 0.620. The number of esters is 1. The Morgan fingerprint density at radius 1 is 1.30 bits per heavy atom. The van der Waals surface area contributed by atoms with E-state index in [4.69, 9.17) is 25.8 Å². The van der Waals surface area contributed by atoms with Crippen molar-refractivity contribution in [2.75, 3.05) is 12.1 Å². The molecule has 0 fully saturated rings. The van der Waals surface area contributed by atoms with Crippen molar-refractivity contribution in [3.05, 3.63) is 58.9 Å². The Morgan fingerprint density at radius 3 is 2.85 bits per heavy atom. The van der Waals surface area contributed by atoms with Gasteiger partial charge < -0.3 is 19.5 Å². The van der Waals surface area contributed by atoms with Crippen LogP contribution in [0.25, 0.3) is 6.08 Å². The highest BCUT2D eigenvalue weighted by atomic mass is 35.5. The molecule has 27 heavy (non-hydrogen) atoms. The van der Waals surface area contributed by atoms with E-state index in [2.05, 4.69) is 5.32 Å². The van der Waals surface area contributed by atoms with E-state index in [-0.39, 0.29) is 12.5 Å². The Balaban J connectivity index is 1.58. The van der Waals surface area contributed by atoms with Crippen LogP contribution >= 0.6 is 11.6 Å². The Morgan fingerprint density at radius 2 is 2.07 bits per heavy atom. The molecule has 0 aromatic heterocycles. The number of carbonyl (C=O) groups is 2. The summed E-state index contributed by atoms with van der Waals surface area (Å²) in [6.07, 6.45) is 1.51. The van der Waals surface area contributed by atoms with Crippen LogP contribution in [0.4, 0.5) is 10.1 Å². The Kier molecular flexibility index (Phi) is 5.61. The molecule has 0 spiro atoms. The molecule has 2 aromatic carbocycles. The fourth-order valence-corrected chi connectivity index (χ4v) is 2.59. The van der Waals surface area contributed by atoms with E-state index in [1.807, 2.05) is 0 Å². The molecular formula is C19H15ClFNO5. The highest BCUT2D eigenvalue weighted by Crippen LogP contribution is 2.40. The summed E-state index contributed by atoms with van der Waals surface area (Å²) >= 11 is 6.07. The van der Waals surface area contributed by atoms with Crippen LogP contribution < -0.4 is 14.8 Å². The van der Waals surface area contributed by atoms with Gasteiger partial charge in [0.2, 0.25) is 6.79 Å². The number of para-hydroxylation sites is 1. The first-order chi connectivity index (χ1) is 12.9. The Hall–Kier alpha value is -3.06. The molecule has 3 rings (SSSR count). The third kappa shape index (κ3) is 4.57. The van der Waals surface area contributed by atoms with E-state index in [0.717, 1.165) is 6.08 Å². The van der Waals surface area contributed by atoms with Gasteiger partial charge in [-0.2, -0.15) is 0 Å². The standard InChI is InChI=1S/C19H15ClFNO5/c1-11(19(24)22-15-5-3-2-4-14(15)21)27-17(23)7-6-12-8-13(20)18-16(9-12)25-10-26-18/h2-9,11H,10H2,1H3,(H,22,24)/b7-6+/t11-/m1/s1. The number of hydrogen-bond donors (Lipinski definition) is 1. The number of benzene rings is 2. The van der Waals surface area contributed by atoms with E-state index in [0.29, 0.717) is 22.1 Å². The molecule has 1 N–H and O–H groups in total. The number of rotatable bonds is 5. The summed E-state index contributed by atoms with van der Waals surface area (Å²) in [6, 6.07) is 8.96. The van der Waals surface area contributed by atoms with Gasteiger partial charge in [-0.1, -0.05) is 23.7 Å². The molecule has 0 unspecified atom stereocenters. The summed E-state index contributed by atoms with van der Waals surface area (Å²) in [5.74, 6) is -1.03. The first-order valence-electron chi connectivity index (χ1n) is 7.97. The van der Waals surface area contributed by atoms with E-state index in [1.165, 1.54) is 31.2 Å². The van der Waals surface area contributed by atoms with Gasteiger partial charge in [0, 0.05) is 6.08 Å². The Labute approximate surface area is 159 Å². The number of amides is 1. The maximum Gasteiger partial charge on any atom is 0.331 e. The smallest absolute Gasteiger partial charge is 0.331 e. The van der Waals surface area contributed by atoms with Gasteiger partial charge in [0.15, 0.2) is 17.6 Å². The summed E-state index contributed by atoms with van der Waals surface area (Å²) in [7, 11) is 0. The topological polar surface area (TPSA) is 73.9 Å². The average Bonchev–Trinajstić information content (AvgIpc) is 3.11. The van der Waals surface area contributed by atoms with E-state index >= 15 is 0 Å². The van der Waals surface area contributed by atoms with E-state index < -0.39 is 23.8 Å². The molecule has 1 aliphatic heterocycles. The lowest BCUT2D eigenvalue weighted by atomic mass is 10.2. The van der Waals surface area contributed by atoms with Gasteiger partial charge in [-0.05, 0) is 42.8 Å². The average molecular weight is 392 g/mol. The maximum atomic E-state index is 13.5. The number of carbonyl (C=O) groups excluding carboxylic acids is 2. The van der Waals surface area contributed by atoms with Gasteiger partial charge >= 0.3 is 5.97 Å². The minimum Gasteiger partial charge on any atom is -0.454 e. The first kappa shape index (κ1) is 18.7. The van der Waals surface area contributed by atoms with Crippen molar-refractivity contribution >= 4 is 35.2 Å². The summed E-state index contributed by atoms with van der Waals surface area (Å²) in [6.45, 7) is 1.47. The number of fused-ring (bicyclic) bond motifs is 1. The Bertz CT molecular complexity index is 915. The summed E-state index contributed by atoms with van der Waals surface area (Å²) in [4.78, 5) is 23.9. The van der Waals surface area contributed by atoms with Gasteiger partial charge in [0.25, 0.3) is 5.91 Å². The highest BCUT2D eigenvalue weighted by molar-refractivity contribution is 6.32. The highest BCUT2D eigenvalue weighted by Gasteiger charge is 2.19. The van der Waals surface area contributed by atoms with Crippen molar-refractivity contribution in [3.63, 3.8) is 0 Å². The zero-order valence-corrected chi connectivity index (χ0v) is 15.0. The number of halogens is 2. The molecule has 140 valence electrons. The second-order valence-electron chi connectivity index (χ2n) is 5.62. The molecule has 6 nitrogen and oxygen atoms in total. The molecule has 1 heterocycles. The largest absolute Gasteiger partial charge is 0.454 e. The normalized spacial score (nSPS) is 13.4. The molecule has 0 aliphatic carbocycles. The van der Waals surface area contributed by atoms with Crippen LogP contribution in [0.1, 0.15) is 12.5 Å². The lowest BCUT2D eigenvalue weighted by molar-refractivity contribution is -0.148. The fourth-order valence-electron chi connectivity index (χ4n) is 2.31. The number of nitrogens with one attached hydrogen (secondary N) is 1. The van der Waals surface area contributed by atoms with Crippen molar-refractivity contribution in [1.29, 1.82) is 0 Å². The number of anilines is 1. The van der Waals surface area contributed by atoms with Crippen LogP contribution in [0.3, 0.4) is 0 Å². The van der Waals surface area contributed by atoms with Gasteiger partial charge in [-0.3, -0.25) is 4.79 Å².